The van der Waals surface area contributed by atoms with Gasteiger partial charge in [-0.3, -0.25) is 4.79 Å². The van der Waals surface area contributed by atoms with E-state index in [9.17, 15) is 4.79 Å². The topological polar surface area (TPSA) is 72.5 Å². The van der Waals surface area contributed by atoms with Crippen LogP contribution in [0.5, 0.6) is 11.5 Å². The van der Waals surface area contributed by atoms with E-state index in [1.807, 2.05) is 12.1 Å². The summed E-state index contributed by atoms with van der Waals surface area (Å²) in [6.45, 7) is 0.848. The van der Waals surface area contributed by atoms with Crippen LogP contribution in [0.3, 0.4) is 0 Å². The summed E-state index contributed by atoms with van der Waals surface area (Å²) in [4.78, 5) is 17.0. The molecule has 0 fully saturated rings. The lowest BCUT2D eigenvalue weighted by molar-refractivity contribution is 0.102. The molecule has 6 nitrogen and oxygen atoms in total. The summed E-state index contributed by atoms with van der Waals surface area (Å²) in [5.74, 6) is 1.00. The fourth-order valence-corrected chi connectivity index (χ4v) is 3.00. The number of carbonyl (C=O) groups excluding carboxylic acids is 1. The van der Waals surface area contributed by atoms with Crippen molar-refractivity contribution in [2.45, 2.75) is 12.8 Å². The molecule has 2 N–H and O–H groups in total. The number of aryl methyl sites for hydroxylation is 1. The zero-order valence-corrected chi connectivity index (χ0v) is 16.6. The largest absolute Gasteiger partial charge is 0.496 e. The molecule has 0 aliphatic heterocycles. The molecule has 0 aliphatic carbocycles. The number of benzene rings is 2. The predicted octanol–water partition coefficient (Wildman–Crippen LogP) is 4.40. The van der Waals surface area contributed by atoms with E-state index in [0.29, 0.717) is 22.9 Å². The van der Waals surface area contributed by atoms with Crippen LogP contribution in [0.2, 0.25) is 0 Å². The van der Waals surface area contributed by atoms with Gasteiger partial charge in [0.15, 0.2) is 0 Å². The average Bonchev–Trinajstić information content (AvgIpc) is 2.77. The second-order valence-corrected chi connectivity index (χ2v) is 6.44. The lowest BCUT2D eigenvalue weighted by Crippen LogP contribution is -2.15. The fourth-order valence-electron chi connectivity index (χ4n) is 3.00. The van der Waals surface area contributed by atoms with Crippen LogP contribution >= 0.6 is 0 Å². The Kier molecular flexibility index (Phi) is 7.05. The predicted molar refractivity (Wildman–Crippen MR) is 115 cm³/mol. The van der Waals surface area contributed by atoms with E-state index in [1.54, 1.807) is 30.5 Å². The van der Waals surface area contributed by atoms with E-state index in [0.717, 1.165) is 25.1 Å². The molecular formula is C23H25N3O3. The zero-order chi connectivity index (χ0) is 20.5. The van der Waals surface area contributed by atoms with Gasteiger partial charge in [-0.15, -0.1) is 0 Å². The lowest BCUT2D eigenvalue weighted by atomic mass is 10.1. The third-order valence-corrected chi connectivity index (χ3v) is 4.47. The Morgan fingerprint density at radius 2 is 1.66 bits per heavy atom. The molecule has 29 heavy (non-hydrogen) atoms. The molecule has 150 valence electrons. The number of pyridine rings is 1. The van der Waals surface area contributed by atoms with Gasteiger partial charge < -0.3 is 20.1 Å². The molecule has 0 saturated carbocycles. The van der Waals surface area contributed by atoms with Crippen LogP contribution in [0.1, 0.15) is 22.3 Å². The maximum atomic E-state index is 12.7. The van der Waals surface area contributed by atoms with Crippen molar-refractivity contribution in [3.8, 4) is 11.5 Å². The van der Waals surface area contributed by atoms with Crippen molar-refractivity contribution in [3.63, 3.8) is 0 Å². The Bertz CT molecular complexity index is 906. The minimum atomic E-state index is -0.338. The molecule has 1 aromatic heterocycles. The number of carbonyl (C=O) groups is 1. The third-order valence-electron chi connectivity index (χ3n) is 4.47. The first kappa shape index (κ1) is 20.2. The number of hydrogen-bond donors (Lipinski definition) is 2. The highest BCUT2D eigenvalue weighted by Crippen LogP contribution is 2.28. The lowest BCUT2D eigenvalue weighted by Gasteiger charge is -2.13. The van der Waals surface area contributed by atoms with Crippen LogP contribution in [0, 0.1) is 0 Å². The minimum Gasteiger partial charge on any atom is -0.496 e. The highest BCUT2D eigenvalue weighted by molar-refractivity contribution is 6.07. The SMILES string of the molecule is COc1cccc(OC)c1C(=O)Nc1ccc(NCCCc2ccccc2)cn1. The molecular weight excluding hydrogens is 366 g/mol. The normalized spacial score (nSPS) is 10.3. The summed E-state index contributed by atoms with van der Waals surface area (Å²) in [6.07, 6.45) is 3.75. The number of methoxy groups -OCH3 is 2. The van der Waals surface area contributed by atoms with Crippen molar-refractivity contribution in [3.05, 3.63) is 78.0 Å². The smallest absolute Gasteiger partial charge is 0.264 e. The van der Waals surface area contributed by atoms with E-state index in [1.165, 1.54) is 19.8 Å². The van der Waals surface area contributed by atoms with E-state index < -0.39 is 0 Å². The Morgan fingerprint density at radius 1 is 0.931 bits per heavy atom. The molecule has 0 radical (unpaired) electrons. The maximum absolute atomic E-state index is 12.7. The van der Waals surface area contributed by atoms with Crippen LogP contribution in [0.4, 0.5) is 11.5 Å². The van der Waals surface area contributed by atoms with E-state index in [2.05, 4.69) is 39.9 Å². The summed E-state index contributed by atoms with van der Waals surface area (Å²) < 4.78 is 10.6. The Morgan fingerprint density at radius 3 is 2.28 bits per heavy atom. The van der Waals surface area contributed by atoms with Gasteiger partial charge in [-0.05, 0) is 42.7 Å². The first-order valence-electron chi connectivity index (χ1n) is 9.47. The Hall–Kier alpha value is -3.54. The number of ether oxygens (including phenoxy) is 2. The highest BCUT2D eigenvalue weighted by atomic mass is 16.5. The quantitative estimate of drug-likeness (QED) is 0.529. The van der Waals surface area contributed by atoms with Gasteiger partial charge in [0.25, 0.3) is 5.91 Å². The van der Waals surface area contributed by atoms with E-state index in [4.69, 9.17) is 9.47 Å². The van der Waals surface area contributed by atoms with Gasteiger partial charge >= 0.3 is 0 Å². The molecule has 3 aromatic rings. The van der Waals surface area contributed by atoms with E-state index >= 15 is 0 Å². The van der Waals surface area contributed by atoms with Crippen LogP contribution in [0.15, 0.2) is 66.9 Å². The van der Waals surface area contributed by atoms with Gasteiger partial charge in [-0.25, -0.2) is 4.98 Å². The third kappa shape index (κ3) is 5.48. The molecule has 0 aliphatic rings. The first-order chi connectivity index (χ1) is 14.2. The molecule has 0 unspecified atom stereocenters. The molecule has 0 spiro atoms. The summed E-state index contributed by atoms with van der Waals surface area (Å²) in [5, 5.41) is 6.13. The second-order valence-electron chi connectivity index (χ2n) is 6.44. The number of rotatable bonds is 9. The molecule has 1 heterocycles. The maximum Gasteiger partial charge on any atom is 0.264 e. The molecule has 0 atom stereocenters. The summed E-state index contributed by atoms with van der Waals surface area (Å²) in [6, 6.07) is 19.3. The zero-order valence-electron chi connectivity index (χ0n) is 16.6. The van der Waals surface area contributed by atoms with E-state index in [-0.39, 0.29) is 5.91 Å². The summed E-state index contributed by atoms with van der Waals surface area (Å²) >= 11 is 0. The van der Waals surface area contributed by atoms with Gasteiger partial charge in [0, 0.05) is 6.54 Å². The van der Waals surface area contributed by atoms with Crippen LogP contribution in [0.25, 0.3) is 0 Å². The molecule has 6 heteroatoms. The Labute approximate surface area is 170 Å². The van der Waals surface area contributed by atoms with Crippen molar-refractivity contribution in [1.29, 1.82) is 0 Å². The number of aromatic nitrogens is 1. The van der Waals surface area contributed by atoms with Crippen molar-refractivity contribution < 1.29 is 14.3 Å². The van der Waals surface area contributed by atoms with Crippen LogP contribution in [-0.2, 0) is 6.42 Å². The van der Waals surface area contributed by atoms with Crippen molar-refractivity contribution in [2.24, 2.45) is 0 Å². The second kappa shape index (κ2) is 10.1. The number of anilines is 2. The molecule has 3 rings (SSSR count). The van der Waals surface area contributed by atoms with Crippen molar-refractivity contribution in [1.82, 2.24) is 4.98 Å². The van der Waals surface area contributed by atoms with Crippen molar-refractivity contribution >= 4 is 17.4 Å². The molecule has 0 saturated heterocycles. The Balaban J connectivity index is 1.55. The van der Waals surface area contributed by atoms with Crippen LogP contribution in [-0.4, -0.2) is 31.7 Å². The number of nitrogens with zero attached hydrogens (tertiary/aromatic N) is 1. The highest BCUT2D eigenvalue weighted by Gasteiger charge is 2.18. The molecule has 2 aromatic carbocycles. The number of nitrogens with one attached hydrogen (secondary N) is 2. The van der Waals surface area contributed by atoms with Gasteiger partial charge in [0.2, 0.25) is 0 Å². The minimum absolute atomic E-state index is 0.336. The van der Waals surface area contributed by atoms with Crippen molar-refractivity contribution in [2.75, 3.05) is 31.4 Å². The van der Waals surface area contributed by atoms with Crippen LogP contribution < -0.4 is 20.1 Å². The first-order valence-corrected chi connectivity index (χ1v) is 9.47. The monoisotopic (exact) mass is 391 g/mol. The van der Waals surface area contributed by atoms with Gasteiger partial charge in [0.1, 0.15) is 22.9 Å². The number of hydrogen-bond acceptors (Lipinski definition) is 5. The average molecular weight is 391 g/mol. The van der Waals surface area contributed by atoms with Gasteiger partial charge in [-0.1, -0.05) is 36.4 Å². The molecule has 0 bridgehead atoms. The van der Waals surface area contributed by atoms with Gasteiger partial charge in [0.05, 0.1) is 26.1 Å². The summed E-state index contributed by atoms with van der Waals surface area (Å²) in [5.41, 5.74) is 2.57. The van der Waals surface area contributed by atoms with Gasteiger partial charge in [-0.2, -0.15) is 0 Å². The number of amides is 1. The molecule has 1 amide bonds. The standard InChI is InChI=1S/C23H25N3O3/c1-28-19-11-6-12-20(29-2)22(19)23(27)26-21-14-13-18(16-25-21)24-15-7-10-17-8-4-3-5-9-17/h3-6,8-9,11-14,16,24H,7,10,15H2,1-2H3,(H,25,26,27). The fraction of sp³-hybridized carbons (Fsp3) is 0.217. The summed E-state index contributed by atoms with van der Waals surface area (Å²) in [7, 11) is 3.03.